The van der Waals surface area contributed by atoms with Crippen LogP contribution in [-0.4, -0.2) is 48.4 Å². The fourth-order valence-electron chi connectivity index (χ4n) is 3.98. The van der Waals surface area contributed by atoms with E-state index in [0.29, 0.717) is 25.6 Å². The molecule has 1 unspecified atom stereocenters. The number of likely N-dealkylation sites (tertiary alicyclic amines) is 1. The maximum Gasteiger partial charge on any atom is 0.227 e. The molecule has 0 N–H and O–H groups in total. The summed E-state index contributed by atoms with van der Waals surface area (Å²) < 4.78 is 5.16. The molecular formula is C20H28N2O3. The lowest BCUT2D eigenvalue weighted by Crippen LogP contribution is -2.42. The van der Waals surface area contributed by atoms with Crippen LogP contribution < -0.4 is 4.74 Å². The van der Waals surface area contributed by atoms with Gasteiger partial charge >= 0.3 is 0 Å². The Bertz CT molecular complexity index is 608. The maximum absolute atomic E-state index is 12.8. The standard InChI is InChI=1S/C20H28N2O3/c1-21(17-6-4-3-5-7-17)20(24)16-12-19(23)22(14-16)13-15-8-10-18(25-2)11-9-15/h8-11,16-17H,3-7,12-14H2,1-2H3. The van der Waals surface area contributed by atoms with Gasteiger partial charge in [0, 0.05) is 32.6 Å². The van der Waals surface area contributed by atoms with E-state index in [1.165, 1.54) is 19.3 Å². The molecular weight excluding hydrogens is 316 g/mol. The SMILES string of the molecule is COc1ccc(CN2CC(C(=O)N(C)C3CCCCC3)CC2=O)cc1. The third-order valence-corrected chi connectivity index (χ3v) is 5.57. The van der Waals surface area contributed by atoms with Crippen molar-refractivity contribution in [1.82, 2.24) is 9.80 Å². The molecule has 5 nitrogen and oxygen atoms in total. The normalized spacial score (nSPS) is 21.4. The van der Waals surface area contributed by atoms with E-state index < -0.39 is 0 Å². The average molecular weight is 344 g/mol. The monoisotopic (exact) mass is 344 g/mol. The topological polar surface area (TPSA) is 49.9 Å². The molecule has 1 saturated heterocycles. The lowest BCUT2D eigenvalue weighted by molar-refractivity contribution is -0.137. The minimum absolute atomic E-state index is 0.0752. The highest BCUT2D eigenvalue weighted by molar-refractivity contribution is 5.89. The molecule has 2 aliphatic rings. The summed E-state index contributed by atoms with van der Waals surface area (Å²) in [6.45, 7) is 1.08. The van der Waals surface area contributed by atoms with Gasteiger partial charge in [-0.25, -0.2) is 0 Å². The second kappa shape index (κ2) is 7.89. The summed E-state index contributed by atoms with van der Waals surface area (Å²) in [6, 6.07) is 8.09. The van der Waals surface area contributed by atoms with Crippen LogP contribution in [0.2, 0.25) is 0 Å². The van der Waals surface area contributed by atoms with Crippen molar-refractivity contribution in [2.75, 3.05) is 20.7 Å². The molecule has 1 saturated carbocycles. The van der Waals surface area contributed by atoms with Crippen LogP contribution in [0.25, 0.3) is 0 Å². The fourth-order valence-corrected chi connectivity index (χ4v) is 3.98. The third-order valence-electron chi connectivity index (χ3n) is 5.57. The molecule has 136 valence electrons. The van der Waals surface area contributed by atoms with E-state index in [1.807, 2.05) is 36.2 Å². The number of rotatable bonds is 5. The van der Waals surface area contributed by atoms with Gasteiger partial charge in [-0.15, -0.1) is 0 Å². The minimum atomic E-state index is -0.197. The first-order valence-corrected chi connectivity index (χ1v) is 9.26. The molecule has 1 aromatic carbocycles. The van der Waals surface area contributed by atoms with Crippen LogP contribution in [0.15, 0.2) is 24.3 Å². The molecule has 25 heavy (non-hydrogen) atoms. The van der Waals surface area contributed by atoms with E-state index >= 15 is 0 Å². The Labute approximate surface area is 149 Å². The van der Waals surface area contributed by atoms with Crippen LogP contribution in [0.4, 0.5) is 0 Å². The average Bonchev–Trinajstić information content (AvgIpc) is 3.02. The Hall–Kier alpha value is -2.04. The molecule has 5 heteroatoms. The maximum atomic E-state index is 12.8. The third kappa shape index (κ3) is 4.14. The quantitative estimate of drug-likeness (QED) is 0.825. The molecule has 0 spiro atoms. The molecule has 2 amide bonds. The highest BCUT2D eigenvalue weighted by Crippen LogP contribution is 2.27. The van der Waals surface area contributed by atoms with E-state index in [4.69, 9.17) is 4.74 Å². The number of carbonyl (C=O) groups excluding carboxylic acids is 2. The van der Waals surface area contributed by atoms with Crippen molar-refractivity contribution in [3.63, 3.8) is 0 Å². The first-order valence-electron chi connectivity index (χ1n) is 9.26. The van der Waals surface area contributed by atoms with Crippen LogP contribution in [0.1, 0.15) is 44.1 Å². The minimum Gasteiger partial charge on any atom is -0.497 e. The van der Waals surface area contributed by atoms with Gasteiger partial charge in [0.2, 0.25) is 11.8 Å². The predicted octanol–water partition coefficient (Wildman–Crippen LogP) is 2.83. The molecule has 3 rings (SSSR count). The van der Waals surface area contributed by atoms with Crippen molar-refractivity contribution < 1.29 is 14.3 Å². The second-order valence-electron chi connectivity index (χ2n) is 7.26. The summed E-state index contributed by atoms with van der Waals surface area (Å²) in [4.78, 5) is 28.9. The van der Waals surface area contributed by atoms with Gasteiger partial charge in [-0.05, 0) is 30.5 Å². The van der Waals surface area contributed by atoms with E-state index in [-0.39, 0.29) is 17.7 Å². The molecule has 1 aliphatic carbocycles. The molecule has 0 aromatic heterocycles. The van der Waals surface area contributed by atoms with Gasteiger partial charge < -0.3 is 14.5 Å². The molecule has 0 radical (unpaired) electrons. The lowest BCUT2D eigenvalue weighted by Gasteiger charge is -2.32. The molecule has 2 fully saturated rings. The Morgan fingerprint density at radius 1 is 1.20 bits per heavy atom. The van der Waals surface area contributed by atoms with E-state index in [2.05, 4.69) is 0 Å². The van der Waals surface area contributed by atoms with Crippen LogP contribution in [0.3, 0.4) is 0 Å². The summed E-state index contributed by atoms with van der Waals surface area (Å²) in [5.74, 6) is 0.819. The molecule has 0 bridgehead atoms. The molecule has 1 aromatic rings. The summed E-state index contributed by atoms with van der Waals surface area (Å²) in [5.41, 5.74) is 1.06. The molecule has 1 atom stereocenters. The Morgan fingerprint density at radius 2 is 1.88 bits per heavy atom. The fraction of sp³-hybridized carbons (Fsp3) is 0.600. The highest BCUT2D eigenvalue weighted by atomic mass is 16.5. The highest BCUT2D eigenvalue weighted by Gasteiger charge is 2.37. The smallest absolute Gasteiger partial charge is 0.227 e. The Kier molecular flexibility index (Phi) is 5.61. The van der Waals surface area contributed by atoms with Gasteiger partial charge in [0.25, 0.3) is 0 Å². The largest absolute Gasteiger partial charge is 0.497 e. The van der Waals surface area contributed by atoms with Gasteiger partial charge in [-0.1, -0.05) is 31.4 Å². The van der Waals surface area contributed by atoms with Gasteiger partial charge in [0.1, 0.15) is 5.75 Å². The Balaban J connectivity index is 1.58. The van der Waals surface area contributed by atoms with Crippen LogP contribution >= 0.6 is 0 Å². The molecule has 1 heterocycles. The van der Waals surface area contributed by atoms with Gasteiger partial charge in [-0.2, -0.15) is 0 Å². The van der Waals surface area contributed by atoms with Gasteiger partial charge in [-0.3, -0.25) is 9.59 Å². The van der Waals surface area contributed by atoms with E-state index in [1.54, 1.807) is 12.0 Å². The second-order valence-corrected chi connectivity index (χ2v) is 7.26. The number of hydrogen-bond donors (Lipinski definition) is 0. The number of ether oxygens (including phenoxy) is 1. The van der Waals surface area contributed by atoms with E-state index in [0.717, 1.165) is 24.2 Å². The zero-order valence-corrected chi connectivity index (χ0v) is 15.2. The summed E-state index contributed by atoms with van der Waals surface area (Å²) >= 11 is 0. The van der Waals surface area contributed by atoms with Crippen LogP contribution in [0.5, 0.6) is 5.75 Å². The van der Waals surface area contributed by atoms with Crippen molar-refractivity contribution in [3.8, 4) is 5.75 Å². The zero-order valence-electron chi connectivity index (χ0n) is 15.2. The van der Waals surface area contributed by atoms with Gasteiger partial charge in [0.05, 0.1) is 13.0 Å². The number of amides is 2. The Morgan fingerprint density at radius 3 is 2.52 bits per heavy atom. The first-order chi connectivity index (χ1) is 12.1. The van der Waals surface area contributed by atoms with Crippen LogP contribution in [-0.2, 0) is 16.1 Å². The van der Waals surface area contributed by atoms with E-state index in [9.17, 15) is 9.59 Å². The van der Waals surface area contributed by atoms with Crippen LogP contribution in [0, 0.1) is 5.92 Å². The zero-order chi connectivity index (χ0) is 17.8. The number of nitrogens with zero attached hydrogens (tertiary/aromatic N) is 2. The van der Waals surface area contributed by atoms with Crippen molar-refractivity contribution in [1.29, 1.82) is 0 Å². The van der Waals surface area contributed by atoms with Gasteiger partial charge in [0.15, 0.2) is 0 Å². The van der Waals surface area contributed by atoms with Crippen molar-refractivity contribution in [2.24, 2.45) is 5.92 Å². The number of benzene rings is 1. The predicted molar refractivity (Wildman–Crippen MR) is 96.2 cm³/mol. The number of methoxy groups -OCH3 is 1. The summed E-state index contributed by atoms with van der Waals surface area (Å²) in [7, 11) is 3.55. The number of hydrogen-bond acceptors (Lipinski definition) is 3. The molecule has 1 aliphatic heterocycles. The van der Waals surface area contributed by atoms with Crippen molar-refractivity contribution in [2.45, 2.75) is 51.1 Å². The van der Waals surface area contributed by atoms with Crippen molar-refractivity contribution in [3.05, 3.63) is 29.8 Å². The first kappa shape index (κ1) is 17.8. The summed E-state index contributed by atoms with van der Waals surface area (Å²) in [6.07, 6.45) is 6.21. The number of carbonyl (C=O) groups is 2. The summed E-state index contributed by atoms with van der Waals surface area (Å²) in [5, 5.41) is 0. The van der Waals surface area contributed by atoms with Crippen molar-refractivity contribution >= 4 is 11.8 Å². The lowest BCUT2D eigenvalue weighted by atomic mass is 9.93.